The second-order valence-electron chi connectivity index (χ2n) is 5.11. The highest BCUT2D eigenvalue weighted by Gasteiger charge is 2.26. The molecule has 15 heavy (non-hydrogen) atoms. The Morgan fingerprint density at radius 1 is 1.40 bits per heavy atom. The first-order chi connectivity index (χ1) is 7.09. The van der Waals surface area contributed by atoms with Crippen molar-refractivity contribution in [2.45, 2.75) is 51.1 Å². The summed E-state index contributed by atoms with van der Waals surface area (Å²) in [5, 5.41) is 12.8. The maximum Gasteiger partial charge on any atom is 0.0448 e. The Morgan fingerprint density at radius 2 is 2.00 bits per heavy atom. The van der Waals surface area contributed by atoms with E-state index >= 15 is 0 Å². The molecule has 0 aromatic heterocycles. The number of likely N-dealkylation sites (tertiary alicyclic amines) is 1. The summed E-state index contributed by atoms with van der Waals surface area (Å²) in [4.78, 5) is 2.38. The predicted molar refractivity (Wildman–Crippen MR) is 64.1 cm³/mol. The quantitative estimate of drug-likeness (QED) is 0.722. The van der Waals surface area contributed by atoms with Crippen molar-refractivity contribution < 1.29 is 5.11 Å². The van der Waals surface area contributed by atoms with E-state index in [9.17, 15) is 0 Å². The first-order valence-electron chi connectivity index (χ1n) is 6.17. The van der Waals surface area contributed by atoms with Gasteiger partial charge in [-0.3, -0.25) is 0 Å². The summed E-state index contributed by atoms with van der Waals surface area (Å²) < 4.78 is 0. The molecule has 1 saturated heterocycles. The first-order valence-corrected chi connectivity index (χ1v) is 6.17. The summed E-state index contributed by atoms with van der Waals surface area (Å²) in [5.41, 5.74) is 0.120. The van der Waals surface area contributed by atoms with Crippen LogP contribution < -0.4 is 5.32 Å². The zero-order valence-electron chi connectivity index (χ0n) is 10.4. The molecule has 0 aromatic carbocycles. The van der Waals surface area contributed by atoms with E-state index < -0.39 is 0 Å². The van der Waals surface area contributed by atoms with E-state index in [4.69, 9.17) is 5.11 Å². The highest BCUT2D eigenvalue weighted by atomic mass is 16.3. The Labute approximate surface area is 93.9 Å². The molecule has 90 valence electrons. The van der Waals surface area contributed by atoms with Gasteiger partial charge in [0.2, 0.25) is 0 Å². The van der Waals surface area contributed by atoms with Crippen LogP contribution in [0.4, 0.5) is 0 Å². The van der Waals surface area contributed by atoms with E-state index in [0.29, 0.717) is 6.04 Å². The molecule has 0 amide bonds. The number of rotatable bonds is 5. The van der Waals surface area contributed by atoms with Crippen LogP contribution in [0.15, 0.2) is 0 Å². The van der Waals surface area contributed by atoms with E-state index in [-0.39, 0.29) is 12.1 Å². The van der Waals surface area contributed by atoms with E-state index in [2.05, 4.69) is 31.1 Å². The summed E-state index contributed by atoms with van der Waals surface area (Å²) in [7, 11) is 2.18. The lowest BCUT2D eigenvalue weighted by Crippen LogP contribution is -2.51. The average Bonchev–Trinajstić information content (AvgIpc) is 2.22. The minimum Gasteiger partial charge on any atom is -0.396 e. The molecule has 0 aliphatic carbocycles. The number of hydrogen-bond donors (Lipinski definition) is 2. The van der Waals surface area contributed by atoms with Gasteiger partial charge >= 0.3 is 0 Å². The van der Waals surface area contributed by atoms with Crippen molar-refractivity contribution in [3.8, 4) is 0 Å². The normalized spacial score (nSPS) is 24.0. The van der Waals surface area contributed by atoms with Crippen molar-refractivity contribution in [3.05, 3.63) is 0 Å². The first kappa shape index (κ1) is 12.9. The molecule has 1 aliphatic heterocycles. The largest absolute Gasteiger partial charge is 0.396 e. The third-order valence-corrected chi connectivity index (χ3v) is 3.72. The van der Waals surface area contributed by atoms with Gasteiger partial charge in [0, 0.05) is 18.2 Å². The Kier molecular flexibility index (Phi) is 5.03. The summed E-state index contributed by atoms with van der Waals surface area (Å²) in [6, 6.07) is 0.637. The van der Waals surface area contributed by atoms with Crippen LogP contribution in [0.3, 0.4) is 0 Å². The molecular formula is C12H26N2O. The molecule has 0 bridgehead atoms. The smallest absolute Gasteiger partial charge is 0.0448 e. The minimum atomic E-state index is 0.120. The fourth-order valence-corrected chi connectivity index (χ4v) is 2.24. The molecule has 1 rings (SSSR count). The number of nitrogens with one attached hydrogen (secondary N) is 1. The van der Waals surface area contributed by atoms with Crippen molar-refractivity contribution >= 4 is 0 Å². The SMILES string of the molecule is CCC(C)(CCO)NC1CCN(C)CC1. The number of piperidine rings is 1. The van der Waals surface area contributed by atoms with Crippen molar-refractivity contribution in [2.24, 2.45) is 0 Å². The molecule has 1 fully saturated rings. The Morgan fingerprint density at radius 3 is 2.47 bits per heavy atom. The van der Waals surface area contributed by atoms with E-state index in [1.165, 1.54) is 25.9 Å². The lowest BCUT2D eigenvalue weighted by molar-refractivity contribution is 0.166. The number of aliphatic hydroxyl groups excluding tert-OH is 1. The van der Waals surface area contributed by atoms with Crippen LogP contribution in [0.25, 0.3) is 0 Å². The zero-order chi connectivity index (χ0) is 11.3. The number of aliphatic hydroxyl groups is 1. The summed E-state index contributed by atoms with van der Waals surface area (Å²) in [6.07, 6.45) is 4.41. The van der Waals surface area contributed by atoms with Crippen molar-refractivity contribution in [1.82, 2.24) is 10.2 Å². The molecule has 1 heterocycles. The number of nitrogens with zero attached hydrogens (tertiary/aromatic N) is 1. The van der Waals surface area contributed by atoms with Gasteiger partial charge < -0.3 is 15.3 Å². The molecule has 2 N–H and O–H groups in total. The maximum atomic E-state index is 9.06. The average molecular weight is 214 g/mol. The van der Waals surface area contributed by atoms with Gasteiger partial charge in [0.05, 0.1) is 0 Å². The Hall–Kier alpha value is -0.120. The highest BCUT2D eigenvalue weighted by Crippen LogP contribution is 2.18. The fourth-order valence-electron chi connectivity index (χ4n) is 2.24. The molecule has 0 radical (unpaired) electrons. The van der Waals surface area contributed by atoms with Gasteiger partial charge in [-0.25, -0.2) is 0 Å². The van der Waals surface area contributed by atoms with Crippen LogP contribution >= 0.6 is 0 Å². The molecule has 1 unspecified atom stereocenters. The zero-order valence-corrected chi connectivity index (χ0v) is 10.4. The third-order valence-electron chi connectivity index (χ3n) is 3.72. The van der Waals surface area contributed by atoms with Gasteiger partial charge in [0.25, 0.3) is 0 Å². The fraction of sp³-hybridized carbons (Fsp3) is 1.00. The van der Waals surface area contributed by atoms with Gasteiger partial charge in [-0.2, -0.15) is 0 Å². The highest BCUT2D eigenvalue weighted by molar-refractivity contribution is 4.87. The molecular weight excluding hydrogens is 188 g/mol. The lowest BCUT2D eigenvalue weighted by Gasteiger charge is -2.38. The second kappa shape index (κ2) is 5.83. The summed E-state index contributed by atoms with van der Waals surface area (Å²) in [6.45, 7) is 7.08. The van der Waals surface area contributed by atoms with Crippen molar-refractivity contribution in [1.29, 1.82) is 0 Å². The van der Waals surface area contributed by atoms with Crippen LogP contribution in [-0.4, -0.2) is 48.3 Å². The summed E-state index contributed by atoms with van der Waals surface area (Å²) in [5.74, 6) is 0. The van der Waals surface area contributed by atoms with Gasteiger partial charge in [-0.05, 0) is 52.7 Å². The molecule has 0 spiro atoms. The third kappa shape index (κ3) is 4.09. The van der Waals surface area contributed by atoms with Crippen molar-refractivity contribution in [2.75, 3.05) is 26.7 Å². The van der Waals surface area contributed by atoms with Gasteiger partial charge in [-0.15, -0.1) is 0 Å². The second-order valence-corrected chi connectivity index (χ2v) is 5.11. The Balaban J connectivity index is 2.38. The van der Waals surface area contributed by atoms with Crippen molar-refractivity contribution in [3.63, 3.8) is 0 Å². The lowest BCUT2D eigenvalue weighted by atomic mass is 9.91. The van der Waals surface area contributed by atoms with E-state index in [1.54, 1.807) is 0 Å². The van der Waals surface area contributed by atoms with Crippen LogP contribution in [0, 0.1) is 0 Å². The monoisotopic (exact) mass is 214 g/mol. The molecule has 0 saturated carbocycles. The van der Waals surface area contributed by atoms with Crippen LogP contribution in [0.1, 0.15) is 39.5 Å². The standard InChI is InChI=1S/C12H26N2O/c1-4-12(2,7-10-15)13-11-5-8-14(3)9-6-11/h11,13,15H,4-10H2,1-3H3. The van der Waals surface area contributed by atoms with Gasteiger partial charge in [0.15, 0.2) is 0 Å². The molecule has 0 aromatic rings. The maximum absolute atomic E-state index is 9.06. The number of hydrogen-bond acceptors (Lipinski definition) is 3. The molecule has 1 aliphatic rings. The predicted octanol–water partition coefficient (Wildman–Crippen LogP) is 1.22. The summed E-state index contributed by atoms with van der Waals surface area (Å²) >= 11 is 0. The van der Waals surface area contributed by atoms with Gasteiger partial charge in [-0.1, -0.05) is 6.92 Å². The van der Waals surface area contributed by atoms with Crippen LogP contribution in [0.2, 0.25) is 0 Å². The minimum absolute atomic E-state index is 0.120. The topological polar surface area (TPSA) is 35.5 Å². The van der Waals surface area contributed by atoms with E-state index in [0.717, 1.165) is 12.8 Å². The Bertz CT molecular complexity index is 178. The molecule has 3 nitrogen and oxygen atoms in total. The molecule has 1 atom stereocenters. The molecule has 3 heteroatoms. The van der Waals surface area contributed by atoms with Gasteiger partial charge in [0.1, 0.15) is 0 Å². The van der Waals surface area contributed by atoms with Crippen LogP contribution in [-0.2, 0) is 0 Å². The van der Waals surface area contributed by atoms with Crippen LogP contribution in [0.5, 0.6) is 0 Å². The van der Waals surface area contributed by atoms with E-state index in [1.807, 2.05) is 0 Å².